The van der Waals surface area contributed by atoms with Crippen molar-refractivity contribution in [3.8, 4) is 0 Å². The number of furan rings is 1. The average molecular weight is 347 g/mol. The molecular weight excluding hydrogens is 318 g/mol. The highest BCUT2D eigenvalue weighted by Crippen LogP contribution is 2.31. The van der Waals surface area contributed by atoms with E-state index in [-0.39, 0.29) is 23.8 Å². The second kappa shape index (κ2) is 8.04. The molecule has 1 aromatic rings. The molecular formula is C19H29N3O3. The zero-order chi connectivity index (χ0) is 17.8. The summed E-state index contributed by atoms with van der Waals surface area (Å²) < 4.78 is 5.86. The van der Waals surface area contributed by atoms with Crippen LogP contribution in [0.2, 0.25) is 0 Å². The Hall–Kier alpha value is -1.82. The van der Waals surface area contributed by atoms with Crippen LogP contribution in [0.3, 0.4) is 0 Å². The maximum Gasteiger partial charge on any atom is 0.236 e. The van der Waals surface area contributed by atoms with Crippen LogP contribution in [0.15, 0.2) is 16.5 Å². The van der Waals surface area contributed by atoms with E-state index in [1.807, 2.05) is 24.0 Å². The molecule has 0 spiro atoms. The van der Waals surface area contributed by atoms with E-state index >= 15 is 0 Å². The van der Waals surface area contributed by atoms with Gasteiger partial charge >= 0.3 is 0 Å². The van der Waals surface area contributed by atoms with Gasteiger partial charge in [0.05, 0.1) is 18.5 Å². The molecule has 3 heterocycles. The van der Waals surface area contributed by atoms with Crippen LogP contribution >= 0.6 is 0 Å². The molecule has 0 radical (unpaired) electrons. The molecule has 138 valence electrons. The van der Waals surface area contributed by atoms with E-state index in [0.717, 1.165) is 56.7 Å². The summed E-state index contributed by atoms with van der Waals surface area (Å²) in [7, 11) is 0. The number of carbonyl (C=O) groups is 2. The van der Waals surface area contributed by atoms with Gasteiger partial charge in [-0.15, -0.1) is 0 Å². The maximum absolute atomic E-state index is 12.8. The van der Waals surface area contributed by atoms with Gasteiger partial charge in [-0.2, -0.15) is 0 Å². The van der Waals surface area contributed by atoms with Crippen molar-refractivity contribution in [2.45, 2.75) is 51.5 Å². The van der Waals surface area contributed by atoms with E-state index < -0.39 is 0 Å². The van der Waals surface area contributed by atoms with Crippen molar-refractivity contribution in [3.63, 3.8) is 0 Å². The number of likely N-dealkylation sites (tertiary alicyclic amines) is 2. The lowest BCUT2D eigenvalue weighted by atomic mass is 9.97. The number of amides is 2. The smallest absolute Gasteiger partial charge is 0.236 e. The van der Waals surface area contributed by atoms with Crippen molar-refractivity contribution in [3.05, 3.63) is 23.7 Å². The van der Waals surface area contributed by atoms with Crippen molar-refractivity contribution in [1.29, 1.82) is 0 Å². The Kier molecular flexibility index (Phi) is 5.78. The van der Waals surface area contributed by atoms with Crippen LogP contribution in [0.4, 0.5) is 0 Å². The number of rotatable bonds is 4. The van der Waals surface area contributed by atoms with Crippen molar-refractivity contribution < 1.29 is 14.0 Å². The number of carbonyl (C=O) groups excluding carboxylic acids is 2. The Bertz CT molecular complexity index is 613. The first-order valence-electron chi connectivity index (χ1n) is 9.42. The third-order valence-corrected chi connectivity index (χ3v) is 5.47. The summed E-state index contributed by atoms with van der Waals surface area (Å²) >= 11 is 0. The zero-order valence-corrected chi connectivity index (χ0v) is 15.1. The van der Waals surface area contributed by atoms with Gasteiger partial charge in [0, 0.05) is 13.1 Å². The number of piperidine rings is 1. The number of hydrogen-bond acceptors (Lipinski definition) is 4. The minimum atomic E-state index is -0.295. The molecule has 2 N–H and O–H groups in total. The first-order valence-corrected chi connectivity index (χ1v) is 9.42. The summed E-state index contributed by atoms with van der Waals surface area (Å²) in [6.07, 6.45) is 6.10. The molecule has 1 aromatic heterocycles. The van der Waals surface area contributed by atoms with E-state index in [1.165, 1.54) is 6.42 Å². The van der Waals surface area contributed by atoms with Crippen LogP contribution in [0.5, 0.6) is 0 Å². The quantitative estimate of drug-likeness (QED) is 0.906. The highest BCUT2D eigenvalue weighted by molar-refractivity contribution is 5.81. The topological polar surface area (TPSA) is 79.8 Å². The molecule has 2 atom stereocenters. The minimum absolute atomic E-state index is 0.0983. The normalized spacial score (nSPS) is 25.6. The second-order valence-corrected chi connectivity index (χ2v) is 7.37. The first kappa shape index (κ1) is 18.0. The summed E-state index contributed by atoms with van der Waals surface area (Å²) in [5.41, 5.74) is 5.44. The standard InChI is InChI=1S/C19H29N3O3/c1-14-8-9-17(25-14)16-7-3-2-4-10-21(16)13-18(23)22-11-5-6-15(12-22)19(20)24/h8-9,15-16H,2-7,10-13H2,1H3,(H2,20,24). The van der Waals surface area contributed by atoms with Crippen molar-refractivity contribution >= 4 is 11.8 Å². The fourth-order valence-electron chi connectivity index (χ4n) is 4.02. The maximum atomic E-state index is 12.8. The van der Waals surface area contributed by atoms with Gasteiger partial charge in [0.25, 0.3) is 0 Å². The molecule has 2 aliphatic rings. The lowest BCUT2D eigenvalue weighted by Crippen LogP contribution is -2.48. The van der Waals surface area contributed by atoms with Gasteiger partial charge < -0.3 is 15.1 Å². The molecule has 0 bridgehead atoms. The molecule has 2 amide bonds. The van der Waals surface area contributed by atoms with Crippen LogP contribution < -0.4 is 5.73 Å². The van der Waals surface area contributed by atoms with Crippen molar-refractivity contribution in [2.75, 3.05) is 26.2 Å². The van der Waals surface area contributed by atoms with Crippen LogP contribution in [0, 0.1) is 12.8 Å². The fraction of sp³-hybridized carbons (Fsp3) is 0.684. The van der Waals surface area contributed by atoms with Gasteiger partial charge in [0.15, 0.2) is 0 Å². The Morgan fingerprint density at radius 2 is 2.00 bits per heavy atom. The molecule has 2 aliphatic heterocycles. The number of hydrogen-bond donors (Lipinski definition) is 1. The molecule has 6 heteroatoms. The van der Waals surface area contributed by atoms with Crippen LogP contribution in [0.1, 0.15) is 56.1 Å². The van der Waals surface area contributed by atoms with Gasteiger partial charge in [-0.3, -0.25) is 14.5 Å². The Morgan fingerprint density at radius 1 is 1.16 bits per heavy atom. The molecule has 25 heavy (non-hydrogen) atoms. The highest BCUT2D eigenvalue weighted by atomic mass is 16.3. The third-order valence-electron chi connectivity index (χ3n) is 5.47. The number of primary amides is 1. The summed E-state index contributed by atoms with van der Waals surface area (Å²) in [6, 6.07) is 4.19. The molecule has 3 rings (SSSR count). The van der Waals surface area contributed by atoms with E-state index in [4.69, 9.17) is 10.2 Å². The molecule has 2 fully saturated rings. The number of aryl methyl sites for hydroxylation is 1. The highest BCUT2D eigenvalue weighted by Gasteiger charge is 2.31. The number of nitrogens with two attached hydrogens (primary N) is 1. The van der Waals surface area contributed by atoms with Crippen LogP contribution in [-0.4, -0.2) is 47.8 Å². The van der Waals surface area contributed by atoms with Gasteiger partial charge in [0.1, 0.15) is 11.5 Å². The zero-order valence-electron chi connectivity index (χ0n) is 15.1. The van der Waals surface area contributed by atoms with E-state index in [1.54, 1.807) is 0 Å². The second-order valence-electron chi connectivity index (χ2n) is 7.37. The SMILES string of the molecule is Cc1ccc(C2CCCCCN2CC(=O)N2CCCC(C(N)=O)C2)o1. The Balaban J connectivity index is 1.67. The molecule has 2 unspecified atom stereocenters. The molecule has 0 aromatic carbocycles. The van der Waals surface area contributed by atoms with E-state index in [2.05, 4.69) is 4.90 Å². The predicted octanol–water partition coefficient (Wildman–Crippen LogP) is 2.23. The van der Waals surface area contributed by atoms with E-state index in [0.29, 0.717) is 13.1 Å². The van der Waals surface area contributed by atoms with Crippen LogP contribution in [-0.2, 0) is 9.59 Å². The van der Waals surface area contributed by atoms with Gasteiger partial charge in [-0.05, 0) is 51.3 Å². The summed E-state index contributed by atoms with van der Waals surface area (Å²) in [5.74, 6) is 1.47. The summed E-state index contributed by atoms with van der Waals surface area (Å²) in [4.78, 5) is 28.4. The van der Waals surface area contributed by atoms with Gasteiger partial charge in [-0.25, -0.2) is 0 Å². The number of nitrogens with zero attached hydrogens (tertiary/aromatic N) is 2. The summed E-state index contributed by atoms with van der Waals surface area (Å²) in [5, 5.41) is 0. The Morgan fingerprint density at radius 3 is 2.72 bits per heavy atom. The Labute approximate surface area is 149 Å². The molecule has 0 saturated carbocycles. The average Bonchev–Trinajstić information content (AvgIpc) is 2.90. The molecule has 2 saturated heterocycles. The predicted molar refractivity (Wildman–Crippen MR) is 94.7 cm³/mol. The van der Waals surface area contributed by atoms with Crippen LogP contribution in [0.25, 0.3) is 0 Å². The third kappa shape index (κ3) is 4.42. The molecule has 6 nitrogen and oxygen atoms in total. The minimum Gasteiger partial charge on any atom is -0.465 e. The van der Waals surface area contributed by atoms with Gasteiger partial charge in [-0.1, -0.05) is 12.8 Å². The first-order chi connectivity index (χ1) is 12.0. The lowest BCUT2D eigenvalue weighted by Gasteiger charge is -2.34. The van der Waals surface area contributed by atoms with Crippen molar-refractivity contribution in [2.24, 2.45) is 11.7 Å². The molecule has 0 aliphatic carbocycles. The van der Waals surface area contributed by atoms with E-state index in [9.17, 15) is 9.59 Å². The van der Waals surface area contributed by atoms with Gasteiger partial charge in [0.2, 0.25) is 11.8 Å². The fourth-order valence-corrected chi connectivity index (χ4v) is 4.02. The van der Waals surface area contributed by atoms with Crippen molar-refractivity contribution in [1.82, 2.24) is 9.80 Å². The lowest BCUT2D eigenvalue weighted by molar-refractivity contribution is -0.136. The summed E-state index contributed by atoms with van der Waals surface area (Å²) in [6.45, 7) is 4.43. The largest absolute Gasteiger partial charge is 0.465 e. The monoisotopic (exact) mass is 347 g/mol.